The van der Waals surface area contributed by atoms with Gasteiger partial charge in [-0.05, 0) is 25.0 Å². The Hall–Kier alpha value is -1.79. The van der Waals surface area contributed by atoms with Crippen molar-refractivity contribution in [1.29, 1.82) is 0 Å². The molecule has 0 aromatic heterocycles. The third-order valence-electron chi connectivity index (χ3n) is 4.26. The SMILES string of the molecule is CC(O)OCCOC(C)C(F)CN(Cc1ccccc1)Cc1ccccc1. The first-order valence-corrected chi connectivity index (χ1v) is 9.40. The summed E-state index contributed by atoms with van der Waals surface area (Å²) in [6.07, 6.45) is -2.50. The van der Waals surface area contributed by atoms with Gasteiger partial charge in [0.25, 0.3) is 0 Å². The van der Waals surface area contributed by atoms with E-state index in [0.29, 0.717) is 13.1 Å². The summed E-state index contributed by atoms with van der Waals surface area (Å²) >= 11 is 0. The van der Waals surface area contributed by atoms with E-state index in [9.17, 15) is 4.39 Å². The molecule has 0 spiro atoms. The Balaban J connectivity index is 1.91. The van der Waals surface area contributed by atoms with Crippen LogP contribution < -0.4 is 0 Å². The number of nitrogens with zero attached hydrogens (tertiary/aromatic N) is 1. The zero-order valence-electron chi connectivity index (χ0n) is 16.1. The van der Waals surface area contributed by atoms with Crippen LogP contribution in [0.5, 0.6) is 0 Å². The molecular formula is C22H30FNO3. The predicted molar refractivity (Wildman–Crippen MR) is 105 cm³/mol. The second-order valence-corrected chi connectivity index (χ2v) is 6.70. The Labute approximate surface area is 161 Å². The zero-order valence-corrected chi connectivity index (χ0v) is 16.1. The molecule has 3 atom stereocenters. The molecule has 3 unspecified atom stereocenters. The van der Waals surface area contributed by atoms with E-state index in [4.69, 9.17) is 14.6 Å². The van der Waals surface area contributed by atoms with Crippen LogP contribution in [0, 0.1) is 0 Å². The molecule has 5 heteroatoms. The molecule has 0 aliphatic heterocycles. The minimum Gasteiger partial charge on any atom is -0.373 e. The van der Waals surface area contributed by atoms with Gasteiger partial charge in [0.2, 0.25) is 0 Å². The van der Waals surface area contributed by atoms with Gasteiger partial charge in [-0.15, -0.1) is 0 Å². The molecule has 0 aliphatic carbocycles. The molecule has 0 aliphatic rings. The minimum absolute atomic E-state index is 0.243. The van der Waals surface area contributed by atoms with Crippen LogP contribution in [-0.4, -0.2) is 48.3 Å². The first-order chi connectivity index (χ1) is 13.0. The van der Waals surface area contributed by atoms with Crippen LogP contribution in [0.3, 0.4) is 0 Å². The average molecular weight is 375 g/mol. The second-order valence-electron chi connectivity index (χ2n) is 6.70. The molecule has 27 heavy (non-hydrogen) atoms. The van der Waals surface area contributed by atoms with Gasteiger partial charge in [-0.1, -0.05) is 60.7 Å². The summed E-state index contributed by atoms with van der Waals surface area (Å²) in [5, 5.41) is 9.07. The number of ether oxygens (including phenoxy) is 2. The minimum atomic E-state index is -1.12. The summed E-state index contributed by atoms with van der Waals surface area (Å²) in [5.74, 6) is 0. The Kier molecular flexibility index (Phi) is 9.42. The fraction of sp³-hybridized carbons (Fsp3) is 0.455. The fourth-order valence-corrected chi connectivity index (χ4v) is 2.82. The van der Waals surface area contributed by atoms with Gasteiger partial charge in [0.15, 0.2) is 6.29 Å². The summed E-state index contributed by atoms with van der Waals surface area (Å²) in [5.41, 5.74) is 2.30. The third kappa shape index (κ3) is 8.63. The number of hydrogen-bond donors (Lipinski definition) is 1. The molecule has 0 radical (unpaired) electrons. The maximum atomic E-state index is 14.8. The number of benzene rings is 2. The first-order valence-electron chi connectivity index (χ1n) is 9.40. The normalized spacial score (nSPS) is 14.9. The van der Waals surface area contributed by atoms with E-state index >= 15 is 0 Å². The molecule has 4 nitrogen and oxygen atoms in total. The number of alkyl halides is 1. The number of rotatable bonds is 12. The van der Waals surface area contributed by atoms with Gasteiger partial charge >= 0.3 is 0 Å². The number of aliphatic hydroxyl groups is 1. The first kappa shape index (κ1) is 21.5. The topological polar surface area (TPSA) is 41.9 Å². The molecule has 0 amide bonds. The Bertz CT molecular complexity index is 582. The summed E-state index contributed by atoms with van der Waals surface area (Å²) < 4.78 is 25.3. The second kappa shape index (κ2) is 11.8. The van der Waals surface area contributed by atoms with E-state index in [0.717, 1.165) is 11.1 Å². The highest BCUT2D eigenvalue weighted by molar-refractivity contribution is 5.17. The van der Waals surface area contributed by atoms with Gasteiger partial charge in [-0.25, -0.2) is 4.39 Å². The highest BCUT2D eigenvalue weighted by Gasteiger charge is 2.21. The Morgan fingerprint density at radius 2 is 1.33 bits per heavy atom. The molecular weight excluding hydrogens is 345 g/mol. The van der Waals surface area contributed by atoms with Crippen LogP contribution in [0.15, 0.2) is 60.7 Å². The van der Waals surface area contributed by atoms with Gasteiger partial charge in [-0.2, -0.15) is 0 Å². The maximum Gasteiger partial charge on any atom is 0.151 e. The van der Waals surface area contributed by atoms with Crippen molar-refractivity contribution in [2.45, 2.75) is 45.5 Å². The van der Waals surface area contributed by atoms with Gasteiger partial charge in [-0.3, -0.25) is 4.90 Å². The van der Waals surface area contributed by atoms with Gasteiger partial charge in [0.1, 0.15) is 6.17 Å². The zero-order chi connectivity index (χ0) is 19.5. The van der Waals surface area contributed by atoms with E-state index < -0.39 is 18.6 Å². The lowest BCUT2D eigenvalue weighted by atomic mass is 10.1. The molecule has 0 bridgehead atoms. The van der Waals surface area contributed by atoms with Crippen molar-refractivity contribution in [2.75, 3.05) is 19.8 Å². The molecule has 2 aromatic carbocycles. The third-order valence-corrected chi connectivity index (χ3v) is 4.26. The van der Waals surface area contributed by atoms with Crippen LogP contribution in [0.4, 0.5) is 4.39 Å². The molecule has 2 aromatic rings. The number of aliphatic hydroxyl groups excluding tert-OH is 1. The van der Waals surface area contributed by atoms with Crippen molar-refractivity contribution in [3.05, 3.63) is 71.8 Å². The van der Waals surface area contributed by atoms with Gasteiger partial charge in [0.05, 0.1) is 19.3 Å². The van der Waals surface area contributed by atoms with Crippen molar-refractivity contribution in [3.8, 4) is 0 Å². The molecule has 0 heterocycles. The number of hydrogen-bond acceptors (Lipinski definition) is 4. The van der Waals surface area contributed by atoms with Crippen molar-refractivity contribution >= 4 is 0 Å². The highest BCUT2D eigenvalue weighted by Crippen LogP contribution is 2.14. The van der Waals surface area contributed by atoms with E-state index in [1.54, 1.807) is 6.92 Å². The van der Waals surface area contributed by atoms with E-state index in [1.807, 2.05) is 36.4 Å². The Morgan fingerprint density at radius 3 is 1.81 bits per heavy atom. The van der Waals surface area contributed by atoms with Crippen LogP contribution in [0.1, 0.15) is 25.0 Å². The summed E-state index contributed by atoms with van der Waals surface area (Å²) in [6, 6.07) is 20.2. The smallest absolute Gasteiger partial charge is 0.151 e. The van der Waals surface area contributed by atoms with Gasteiger partial charge < -0.3 is 14.6 Å². The van der Waals surface area contributed by atoms with Crippen LogP contribution in [0.25, 0.3) is 0 Å². The monoisotopic (exact) mass is 375 g/mol. The average Bonchev–Trinajstić information content (AvgIpc) is 2.66. The molecule has 2 rings (SSSR count). The molecule has 0 saturated heterocycles. The van der Waals surface area contributed by atoms with Gasteiger partial charge in [0, 0.05) is 19.6 Å². The van der Waals surface area contributed by atoms with E-state index in [-0.39, 0.29) is 19.8 Å². The maximum absolute atomic E-state index is 14.8. The van der Waals surface area contributed by atoms with E-state index in [2.05, 4.69) is 29.2 Å². The lowest BCUT2D eigenvalue weighted by Crippen LogP contribution is -2.36. The standard InChI is InChI=1S/C22H30FNO3/c1-18(26-13-14-27-19(2)25)22(23)17-24(15-20-9-5-3-6-10-20)16-21-11-7-4-8-12-21/h3-12,18-19,22,25H,13-17H2,1-2H3. The molecule has 1 N–H and O–H groups in total. The molecule has 0 fully saturated rings. The summed E-state index contributed by atoms with van der Waals surface area (Å²) in [7, 11) is 0. The molecule has 148 valence electrons. The van der Waals surface area contributed by atoms with Crippen molar-refractivity contribution in [1.82, 2.24) is 4.90 Å². The van der Waals surface area contributed by atoms with Crippen molar-refractivity contribution in [2.24, 2.45) is 0 Å². The van der Waals surface area contributed by atoms with Crippen molar-refractivity contribution < 1.29 is 19.0 Å². The Morgan fingerprint density at radius 1 is 0.852 bits per heavy atom. The highest BCUT2D eigenvalue weighted by atomic mass is 19.1. The largest absolute Gasteiger partial charge is 0.373 e. The number of halogens is 1. The van der Waals surface area contributed by atoms with Crippen LogP contribution in [-0.2, 0) is 22.6 Å². The van der Waals surface area contributed by atoms with Crippen LogP contribution >= 0.6 is 0 Å². The summed E-state index contributed by atoms with van der Waals surface area (Å²) in [4.78, 5) is 2.10. The lowest BCUT2D eigenvalue weighted by molar-refractivity contribution is -0.110. The lowest BCUT2D eigenvalue weighted by Gasteiger charge is -2.27. The quantitative estimate of drug-likeness (QED) is 0.453. The van der Waals surface area contributed by atoms with Crippen molar-refractivity contribution in [3.63, 3.8) is 0 Å². The predicted octanol–water partition coefficient (Wildman–Crippen LogP) is 3.79. The van der Waals surface area contributed by atoms with E-state index in [1.165, 1.54) is 6.92 Å². The van der Waals surface area contributed by atoms with Crippen LogP contribution in [0.2, 0.25) is 0 Å². The molecule has 0 saturated carbocycles. The fourth-order valence-electron chi connectivity index (χ4n) is 2.82. The summed E-state index contributed by atoms with van der Waals surface area (Å²) in [6.45, 7) is 5.39.